The number of imide groups is 1. The monoisotopic (exact) mass is 300 g/mol. The summed E-state index contributed by atoms with van der Waals surface area (Å²) in [6, 6.07) is 3.78. The van der Waals surface area contributed by atoms with Gasteiger partial charge >= 0.3 is 0 Å². The molecular weight excluding hydrogens is 291 g/mol. The third-order valence-electron chi connectivity index (χ3n) is 2.64. The molecule has 0 bridgehead atoms. The first kappa shape index (κ1) is 12.0. The number of likely N-dealkylation sites (N-methyl/N-ethyl adjacent to an activating group) is 1. The molecule has 1 aliphatic rings. The standard InChI is InChI=1S/C11H10BrFN2O2/c1-15-10(16)5-9(11(15)17)14-6-2-3-8(13)7(12)4-6/h2-4,9,14H,5H2,1H3. The summed E-state index contributed by atoms with van der Waals surface area (Å²) in [6.07, 6.45) is 0.129. The molecule has 2 rings (SSSR count). The number of carbonyl (C=O) groups is 2. The number of benzene rings is 1. The third-order valence-corrected chi connectivity index (χ3v) is 3.25. The van der Waals surface area contributed by atoms with E-state index in [1.165, 1.54) is 25.2 Å². The molecule has 90 valence electrons. The van der Waals surface area contributed by atoms with Gasteiger partial charge in [0, 0.05) is 12.7 Å². The van der Waals surface area contributed by atoms with Crippen LogP contribution in [0.5, 0.6) is 0 Å². The van der Waals surface area contributed by atoms with Crippen LogP contribution in [-0.4, -0.2) is 29.8 Å². The lowest BCUT2D eigenvalue weighted by Crippen LogP contribution is -2.31. The first-order valence-corrected chi connectivity index (χ1v) is 5.80. The van der Waals surface area contributed by atoms with E-state index in [4.69, 9.17) is 0 Å². The number of halogens is 2. The first-order chi connectivity index (χ1) is 7.99. The van der Waals surface area contributed by atoms with Gasteiger partial charge in [-0.25, -0.2) is 4.39 Å². The molecule has 0 aliphatic carbocycles. The van der Waals surface area contributed by atoms with Crippen LogP contribution in [0.25, 0.3) is 0 Å². The summed E-state index contributed by atoms with van der Waals surface area (Å²) in [5.74, 6) is -0.856. The zero-order valence-electron chi connectivity index (χ0n) is 9.04. The fourth-order valence-electron chi connectivity index (χ4n) is 1.66. The molecule has 2 amide bonds. The first-order valence-electron chi connectivity index (χ1n) is 5.01. The molecule has 0 aromatic heterocycles. The van der Waals surface area contributed by atoms with Crippen LogP contribution in [0, 0.1) is 5.82 Å². The van der Waals surface area contributed by atoms with Crippen molar-refractivity contribution in [3.8, 4) is 0 Å². The molecule has 1 atom stereocenters. The molecule has 1 aromatic rings. The van der Waals surface area contributed by atoms with Crippen molar-refractivity contribution in [3.05, 3.63) is 28.5 Å². The van der Waals surface area contributed by atoms with E-state index in [1.54, 1.807) is 0 Å². The van der Waals surface area contributed by atoms with Gasteiger partial charge in [-0.1, -0.05) is 0 Å². The van der Waals surface area contributed by atoms with Gasteiger partial charge in [0.2, 0.25) is 5.91 Å². The lowest BCUT2D eigenvalue weighted by Gasteiger charge is -2.12. The normalized spacial score (nSPS) is 19.9. The van der Waals surface area contributed by atoms with Crippen LogP contribution < -0.4 is 5.32 Å². The van der Waals surface area contributed by atoms with Crippen LogP contribution in [0.2, 0.25) is 0 Å². The number of nitrogens with one attached hydrogen (secondary N) is 1. The number of amides is 2. The quantitative estimate of drug-likeness (QED) is 0.847. The summed E-state index contributed by atoms with van der Waals surface area (Å²) in [7, 11) is 1.45. The molecular formula is C11H10BrFN2O2. The fourth-order valence-corrected chi connectivity index (χ4v) is 2.03. The van der Waals surface area contributed by atoms with Crippen molar-refractivity contribution in [2.24, 2.45) is 0 Å². The highest BCUT2D eigenvalue weighted by Gasteiger charge is 2.35. The summed E-state index contributed by atoms with van der Waals surface area (Å²) in [6.45, 7) is 0. The minimum Gasteiger partial charge on any atom is -0.373 e. The molecule has 1 N–H and O–H groups in total. The van der Waals surface area contributed by atoms with Crippen molar-refractivity contribution < 1.29 is 14.0 Å². The lowest BCUT2D eigenvalue weighted by atomic mass is 10.2. The lowest BCUT2D eigenvalue weighted by molar-refractivity contribution is -0.136. The SMILES string of the molecule is CN1C(=O)CC(Nc2ccc(F)c(Br)c2)C1=O. The maximum absolute atomic E-state index is 13.0. The number of carbonyl (C=O) groups excluding carboxylic acids is 2. The fraction of sp³-hybridized carbons (Fsp3) is 0.273. The molecule has 1 aliphatic heterocycles. The van der Waals surface area contributed by atoms with Gasteiger partial charge in [0.25, 0.3) is 5.91 Å². The zero-order valence-corrected chi connectivity index (χ0v) is 10.6. The van der Waals surface area contributed by atoms with E-state index in [2.05, 4.69) is 21.2 Å². The van der Waals surface area contributed by atoms with E-state index in [9.17, 15) is 14.0 Å². The molecule has 0 radical (unpaired) electrons. The van der Waals surface area contributed by atoms with Crippen molar-refractivity contribution >= 4 is 33.4 Å². The number of rotatable bonds is 2. The average Bonchev–Trinajstić information content (AvgIpc) is 2.52. The van der Waals surface area contributed by atoms with E-state index < -0.39 is 6.04 Å². The average molecular weight is 301 g/mol. The molecule has 0 saturated carbocycles. The third kappa shape index (κ3) is 2.31. The molecule has 0 spiro atoms. The second-order valence-corrected chi connectivity index (χ2v) is 4.68. The van der Waals surface area contributed by atoms with Gasteiger partial charge in [0.05, 0.1) is 10.9 Å². The number of anilines is 1. The van der Waals surface area contributed by atoms with Crippen LogP contribution in [0.15, 0.2) is 22.7 Å². The van der Waals surface area contributed by atoms with Crippen LogP contribution in [0.4, 0.5) is 10.1 Å². The minimum absolute atomic E-state index is 0.129. The van der Waals surface area contributed by atoms with E-state index >= 15 is 0 Å². The Labute approximate surface area is 106 Å². The summed E-state index contributed by atoms with van der Waals surface area (Å²) in [5, 5.41) is 2.91. The Hall–Kier alpha value is -1.43. The smallest absolute Gasteiger partial charge is 0.251 e. The van der Waals surface area contributed by atoms with Crippen molar-refractivity contribution in [1.82, 2.24) is 4.90 Å². The van der Waals surface area contributed by atoms with Gasteiger partial charge in [-0.05, 0) is 34.1 Å². The van der Waals surface area contributed by atoms with Crippen molar-refractivity contribution in [3.63, 3.8) is 0 Å². The second kappa shape index (κ2) is 4.44. The van der Waals surface area contributed by atoms with Crippen LogP contribution in [0.1, 0.15) is 6.42 Å². The van der Waals surface area contributed by atoms with E-state index in [0.29, 0.717) is 10.2 Å². The van der Waals surface area contributed by atoms with Crippen molar-refractivity contribution in [2.75, 3.05) is 12.4 Å². The van der Waals surface area contributed by atoms with Gasteiger partial charge in [0.15, 0.2) is 0 Å². The maximum atomic E-state index is 13.0. The molecule has 17 heavy (non-hydrogen) atoms. The number of hydrogen-bond donors (Lipinski definition) is 1. The largest absolute Gasteiger partial charge is 0.373 e. The van der Waals surface area contributed by atoms with E-state index in [0.717, 1.165) is 4.90 Å². The molecule has 6 heteroatoms. The highest BCUT2D eigenvalue weighted by molar-refractivity contribution is 9.10. The number of likely N-dealkylation sites (tertiary alicyclic amines) is 1. The summed E-state index contributed by atoms with van der Waals surface area (Å²) < 4.78 is 13.3. The van der Waals surface area contributed by atoms with Crippen molar-refractivity contribution in [1.29, 1.82) is 0 Å². The van der Waals surface area contributed by atoms with Gasteiger partial charge < -0.3 is 5.32 Å². The Kier molecular flexibility index (Phi) is 3.15. The van der Waals surface area contributed by atoms with Gasteiger partial charge in [0.1, 0.15) is 11.9 Å². The predicted octanol–water partition coefficient (Wildman–Crippen LogP) is 1.76. The maximum Gasteiger partial charge on any atom is 0.251 e. The molecule has 4 nitrogen and oxygen atoms in total. The zero-order chi connectivity index (χ0) is 12.6. The minimum atomic E-state index is -0.565. The highest BCUT2D eigenvalue weighted by atomic mass is 79.9. The molecule has 1 unspecified atom stereocenters. The Morgan fingerprint density at radius 3 is 2.71 bits per heavy atom. The van der Waals surface area contributed by atoms with Gasteiger partial charge in [-0.2, -0.15) is 0 Å². The Balaban J connectivity index is 2.14. The van der Waals surface area contributed by atoms with Crippen LogP contribution in [-0.2, 0) is 9.59 Å². The van der Waals surface area contributed by atoms with Gasteiger partial charge in [-0.15, -0.1) is 0 Å². The Bertz CT molecular complexity index is 492. The van der Waals surface area contributed by atoms with Crippen LogP contribution >= 0.6 is 15.9 Å². The van der Waals surface area contributed by atoms with Crippen molar-refractivity contribution in [2.45, 2.75) is 12.5 Å². The van der Waals surface area contributed by atoms with E-state index in [1.807, 2.05) is 0 Å². The molecule has 1 saturated heterocycles. The highest BCUT2D eigenvalue weighted by Crippen LogP contribution is 2.22. The molecule has 1 fully saturated rings. The summed E-state index contributed by atoms with van der Waals surface area (Å²) in [4.78, 5) is 24.0. The molecule has 1 heterocycles. The predicted molar refractivity (Wildman–Crippen MR) is 63.9 cm³/mol. The van der Waals surface area contributed by atoms with Crippen LogP contribution in [0.3, 0.4) is 0 Å². The second-order valence-electron chi connectivity index (χ2n) is 3.82. The topological polar surface area (TPSA) is 49.4 Å². The number of nitrogens with zero attached hydrogens (tertiary/aromatic N) is 1. The number of hydrogen-bond acceptors (Lipinski definition) is 3. The Morgan fingerprint density at radius 1 is 1.47 bits per heavy atom. The van der Waals surface area contributed by atoms with Gasteiger partial charge in [-0.3, -0.25) is 14.5 Å². The summed E-state index contributed by atoms with van der Waals surface area (Å²) >= 11 is 3.06. The summed E-state index contributed by atoms with van der Waals surface area (Å²) in [5.41, 5.74) is 0.597. The van der Waals surface area contributed by atoms with E-state index in [-0.39, 0.29) is 24.1 Å². The Morgan fingerprint density at radius 2 is 2.18 bits per heavy atom. The molecule has 1 aromatic carbocycles.